The number of rotatable bonds is 3. The maximum Gasteiger partial charge on any atom is 0.269 e. The van der Waals surface area contributed by atoms with Gasteiger partial charge in [-0.05, 0) is 59.0 Å². The van der Waals surface area contributed by atoms with Gasteiger partial charge in [-0.15, -0.1) is 0 Å². The van der Waals surface area contributed by atoms with Gasteiger partial charge < -0.3 is 0 Å². The minimum atomic E-state index is -0.444. The second kappa shape index (κ2) is 5.67. The van der Waals surface area contributed by atoms with Gasteiger partial charge in [-0.2, -0.15) is 10.2 Å². The Kier molecular flexibility index (Phi) is 3.98. The van der Waals surface area contributed by atoms with E-state index in [1.54, 1.807) is 12.1 Å². The minimum Gasteiger partial charge on any atom is -0.258 e. The molecule has 0 aliphatic carbocycles. The number of halogens is 1. The first-order valence-electron chi connectivity index (χ1n) is 5.07. The van der Waals surface area contributed by atoms with Crippen LogP contribution in [0.25, 0.3) is 0 Å². The van der Waals surface area contributed by atoms with E-state index in [0.717, 1.165) is 9.26 Å². The van der Waals surface area contributed by atoms with E-state index in [4.69, 9.17) is 0 Å². The van der Waals surface area contributed by atoms with Crippen molar-refractivity contribution in [2.24, 2.45) is 10.2 Å². The fourth-order valence-corrected chi connectivity index (χ4v) is 1.62. The van der Waals surface area contributed by atoms with Crippen LogP contribution in [0.5, 0.6) is 0 Å². The third-order valence-corrected chi connectivity index (χ3v) is 2.89. The van der Waals surface area contributed by atoms with Gasteiger partial charge in [0.15, 0.2) is 0 Å². The third kappa shape index (κ3) is 3.33. The molecular formula is C12H8IN3O2. The Bertz CT molecular complexity index is 579. The van der Waals surface area contributed by atoms with Crippen molar-refractivity contribution in [1.82, 2.24) is 0 Å². The second-order valence-corrected chi connectivity index (χ2v) is 4.70. The Labute approximate surface area is 117 Å². The zero-order valence-corrected chi connectivity index (χ0v) is 11.3. The van der Waals surface area contributed by atoms with Crippen LogP contribution in [0, 0.1) is 13.7 Å². The van der Waals surface area contributed by atoms with Crippen LogP contribution in [0.2, 0.25) is 0 Å². The van der Waals surface area contributed by atoms with E-state index in [1.165, 1.54) is 12.1 Å². The molecule has 2 aromatic carbocycles. The Morgan fingerprint density at radius 3 is 1.78 bits per heavy atom. The quantitative estimate of drug-likeness (QED) is 0.350. The Balaban J connectivity index is 2.13. The van der Waals surface area contributed by atoms with Gasteiger partial charge in [-0.1, -0.05) is 0 Å². The maximum absolute atomic E-state index is 10.5. The summed E-state index contributed by atoms with van der Waals surface area (Å²) in [6, 6.07) is 13.5. The van der Waals surface area contributed by atoms with Crippen molar-refractivity contribution in [1.29, 1.82) is 0 Å². The highest BCUT2D eigenvalue weighted by Crippen LogP contribution is 2.21. The smallest absolute Gasteiger partial charge is 0.258 e. The second-order valence-electron chi connectivity index (χ2n) is 3.45. The van der Waals surface area contributed by atoms with Gasteiger partial charge in [-0.25, -0.2) is 0 Å². The van der Waals surface area contributed by atoms with Gasteiger partial charge in [0.25, 0.3) is 5.69 Å². The van der Waals surface area contributed by atoms with E-state index in [9.17, 15) is 10.1 Å². The molecular weight excluding hydrogens is 345 g/mol. The van der Waals surface area contributed by atoms with Crippen LogP contribution in [0.4, 0.5) is 17.1 Å². The van der Waals surface area contributed by atoms with Crippen molar-refractivity contribution < 1.29 is 4.92 Å². The van der Waals surface area contributed by atoms with E-state index >= 15 is 0 Å². The van der Waals surface area contributed by atoms with E-state index in [-0.39, 0.29) is 5.69 Å². The number of benzene rings is 2. The number of non-ortho nitro benzene ring substituents is 1. The average molecular weight is 353 g/mol. The van der Waals surface area contributed by atoms with Gasteiger partial charge in [0.1, 0.15) is 0 Å². The van der Waals surface area contributed by atoms with Crippen LogP contribution in [0.1, 0.15) is 0 Å². The van der Waals surface area contributed by atoms with Crippen LogP contribution >= 0.6 is 22.6 Å². The van der Waals surface area contributed by atoms with E-state index < -0.39 is 4.92 Å². The molecule has 90 valence electrons. The van der Waals surface area contributed by atoms with Gasteiger partial charge in [0.2, 0.25) is 0 Å². The zero-order valence-electron chi connectivity index (χ0n) is 9.15. The number of nitrogens with zero attached hydrogens (tertiary/aromatic N) is 3. The number of nitro benzene ring substituents is 1. The lowest BCUT2D eigenvalue weighted by atomic mass is 10.3. The Hall–Kier alpha value is -1.83. The fourth-order valence-electron chi connectivity index (χ4n) is 1.26. The zero-order chi connectivity index (χ0) is 13.0. The summed E-state index contributed by atoms with van der Waals surface area (Å²) < 4.78 is 1.13. The van der Waals surface area contributed by atoms with Crippen LogP contribution < -0.4 is 0 Å². The molecule has 0 heterocycles. The first-order valence-corrected chi connectivity index (χ1v) is 6.15. The molecule has 0 saturated carbocycles. The highest BCUT2D eigenvalue weighted by molar-refractivity contribution is 14.1. The van der Waals surface area contributed by atoms with Crippen molar-refractivity contribution in [3.05, 3.63) is 62.2 Å². The number of hydrogen-bond donors (Lipinski definition) is 0. The van der Waals surface area contributed by atoms with Crippen molar-refractivity contribution in [3.63, 3.8) is 0 Å². The molecule has 5 nitrogen and oxygen atoms in total. The first-order chi connectivity index (χ1) is 8.65. The lowest BCUT2D eigenvalue weighted by molar-refractivity contribution is -0.384. The number of nitro groups is 1. The molecule has 2 rings (SSSR count). The monoisotopic (exact) mass is 353 g/mol. The van der Waals surface area contributed by atoms with Crippen LogP contribution in [0.15, 0.2) is 58.8 Å². The lowest BCUT2D eigenvalue weighted by Crippen LogP contribution is -1.85. The molecule has 0 bridgehead atoms. The van der Waals surface area contributed by atoms with Crippen molar-refractivity contribution >= 4 is 39.7 Å². The Morgan fingerprint density at radius 2 is 1.33 bits per heavy atom. The normalized spacial score (nSPS) is 10.7. The highest BCUT2D eigenvalue weighted by Gasteiger charge is 2.02. The molecule has 0 atom stereocenters. The molecule has 0 saturated heterocycles. The molecule has 0 amide bonds. The predicted octanol–water partition coefficient (Wildman–Crippen LogP) is 4.61. The first kappa shape index (κ1) is 12.6. The standard InChI is InChI=1S/C12H8IN3O2/c13-9-1-3-10(4-2-9)14-15-11-5-7-12(8-6-11)16(17)18/h1-8H. The summed E-state index contributed by atoms with van der Waals surface area (Å²) in [5.41, 5.74) is 1.37. The number of hydrogen-bond acceptors (Lipinski definition) is 4. The van der Waals surface area contributed by atoms with Gasteiger partial charge in [-0.3, -0.25) is 10.1 Å². The van der Waals surface area contributed by atoms with Crippen molar-refractivity contribution in [2.75, 3.05) is 0 Å². The fraction of sp³-hybridized carbons (Fsp3) is 0. The SMILES string of the molecule is O=[N+]([O-])c1ccc(N=Nc2ccc(I)cc2)cc1. The summed E-state index contributed by atoms with van der Waals surface area (Å²) in [6.45, 7) is 0. The summed E-state index contributed by atoms with van der Waals surface area (Å²) in [6.07, 6.45) is 0. The molecule has 0 fully saturated rings. The van der Waals surface area contributed by atoms with Gasteiger partial charge in [0, 0.05) is 15.7 Å². The molecule has 0 N–H and O–H groups in total. The summed E-state index contributed by atoms with van der Waals surface area (Å²) >= 11 is 2.21. The summed E-state index contributed by atoms with van der Waals surface area (Å²) in [4.78, 5) is 10.0. The lowest BCUT2D eigenvalue weighted by Gasteiger charge is -1.94. The maximum atomic E-state index is 10.5. The predicted molar refractivity (Wildman–Crippen MR) is 76.4 cm³/mol. The summed E-state index contributed by atoms with van der Waals surface area (Å²) in [7, 11) is 0. The molecule has 0 aromatic heterocycles. The molecule has 0 aliphatic rings. The largest absolute Gasteiger partial charge is 0.269 e. The highest BCUT2D eigenvalue weighted by atomic mass is 127. The van der Waals surface area contributed by atoms with E-state index in [2.05, 4.69) is 32.8 Å². The van der Waals surface area contributed by atoms with E-state index in [0.29, 0.717) is 5.69 Å². The van der Waals surface area contributed by atoms with Crippen LogP contribution in [0.3, 0.4) is 0 Å². The molecule has 0 aliphatic heterocycles. The van der Waals surface area contributed by atoms with Gasteiger partial charge >= 0.3 is 0 Å². The third-order valence-electron chi connectivity index (χ3n) is 2.17. The molecule has 0 radical (unpaired) electrons. The minimum absolute atomic E-state index is 0.0446. The van der Waals surface area contributed by atoms with Crippen molar-refractivity contribution in [2.45, 2.75) is 0 Å². The Morgan fingerprint density at radius 1 is 0.889 bits per heavy atom. The van der Waals surface area contributed by atoms with Crippen LogP contribution in [-0.4, -0.2) is 4.92 Å². The topological polar surface area (TPSA) is 67.9 Å². The molecule has 0 spiro atoms. The van der Waals surface area contributed by atoms with E-state index in [1.807, 2.05) is 24.3 Å². The molecule has 0 unspecified atom stereocenters. The molecule has 2 aromatic rings. The number of azo groups is 1. The average Bonchev–Trinajstić information content (AvgIpc) is 2.38. The molecule has 6 heteroatoms. The van der Waals surface area contributed by atoms with Crippen LogP contribution in [-0.2, 0) is 0 Å². The van der Waals surface area contributed by atoms with Gasteiger partial charge in [0.05, 0.1) is 16.3 Å². The summed E-state index contributed by atoms with van der Waals surface area (Å²) in [5.74, 6) is 0. The molecule has 18 heavy (non-hydrogen) atoms. The van der Waals surface area contributed by atoms with Crippen molar-refractivity contribution in [3.8, 4) is 0 Å². The summed E-state index contributed by atoms with van der Waals surface area (Å²) in [5, 5.41) is 18.5.